The molecule has 1 saturated heterocycles. The lowest BCUT2D eigenvalue weighted by Crippen LogP contribution is -2.41. The van der Waals surface area contributed by atoms with Gasteiger partial charge in [-0.2, -0.15) is 0 Å². The first-order valence-electron chi connectivity index (χ1n) is 10.5. The number of hydrogen-bond donors (Lipinski definition) is 1. The van der Waals surface area contributed by atoms with E-state index in [1.165, 1.54) is 29.8 Å². The van der Waals surface area contributed by atoms with Gasteiger partial charge in [0.25, 0.3) is 11.8 Å². The lowest BCUT2D eigenvalue weighted by molar-refractivity contribution is -0.158. The number of hydrogen-bond acceptors (Lipinski definition) is 4. The first kappa shape index (κ1) is 22.5. The van der Waals surface area contributed by atoms with E-state index in [0.717, 1.165) is 6.42 Å². The Balaban J connectivity index is 1.46. The molecular formula is C24H27FN2O4. The Morgan fingerprint density at radius 3 is 2.26 bits per heavy atom. The summed E-state index contributed by atoms with van der Waals surface area (Å²) >= 11 is 0. The van der Waals surface area contributed by atoms with Gasteiger partial charge < -0.3 is 15.0 Å². The van der Waals surface area contributed by atoms with Crippen LogP contribution in [0.1, 0.15) is 42.6 Å². The van der Waals surface area contributed by atoms with Crippen LogP contribution in [-0.4, -0.2) is 41.9 Å². The highest BCUT2D eigenvalue weighted by Crippen LogP contribution is 2.21. The second kappa shape index (κ2) is 10.2. The number of aryl methyl sites for hydroxylation is 1. The fourth-order valence-electron chi connectivity index (χ4n) is 3.48. The molecule has 2 amide bonds. The fourth-order valence-corrected chi connectivity index (χ4v) is 3.48. The fraction of sp³-hybridized carbons (Fsp3) is 0.375. The summed E-state index contributed by atoms with van der Waals surface area (Å²) in [5, 5.41) is 2.75. The molecule has 31 heavy (non-hydrogen) atoms. The lowest BCUT2D eigenvalue weighted by Gasteiger charge is -2.31. The highest BCUT2D eigenvalue weighted by atomic mass is 19.1. The number of likely N-dealkylation sites (tertiary alicyclic amines) is 1. The molecule has 1 fully saturated rings. The number of piperidine rings is 1. The molecule has 2 aromatic rings. The van der Waals surface area contributed by atoms with Crippen LogP contribution >= 0.6 is 0 Å². The minimum Gasteiger partial charge on any atom is -0.452 e. The van der Waals surface area contributed by atoms with E-state index in [2.05, 4.69) is 12.2 Å². The monoisotopic (exact) mass is 426 g/mol. The maximum atomic E-state index is 13.0. The molecule has 2 aromatic carbocycles. The number of ether oxygens (including phenoxy) is 1. The van der Waals surface area contributed by atoms with Crippen molar-refractivity contribution < 1.29 is 23.5 Å². The van der Waals surface area contributed by atoms with E-state index in [9.17, 15) is 18.8 Å². The highest BCUT2D eigenvalue weighted by Gasteiger charge is 2.30. The average molecular weight is 426 g/mol. The first-order chi connectivity index (χ1) is 14.9. The minimum atomic E-state index is -0.919. The normalized spacial score (nSPS) is 15.3. The molecule has 0 aliphatic carbocycles. The third-order valence-corrected chi connectivity index (χ3v) is 5.50. The Kier molecular flexibility index (Phi) is 7.39. The molecule has 0 bridgehead atoms. The van der Waals surface area contributed by atoms with Crippen LogP contribution in [0, 0.1) is 11.7 Å². The SMILES string of the molecule is CCc1ccc(NC(=O)[C@H](C)OC(=O)C2CCN(C(=O)c3ccc(F)cc3)CC2)cc1. The molecule has 1 aliphatic rings. The summed E-state index contributed by atoms with van der Waals surface area (Å²) in [7, 11) is 0. The van der Waals surface area contributed by atoms with E-state index >= 15 is 0 Å². The summed E-state index contributed by atoms with van der Waals surface area (Å²) in [5.74, 6) is -1.77. The van der Waals surface area contributed by atoms with Crippen molar-refractivity contribution in [1.29, 1.82) is 0 Å². The molecule has 3 rings (SSSR count). The van der Waals surface area contributed by atoms with E-state index in [1.54, 1.807) is 11.8 Å². The number of carbonyl (C=O) groups is 3. The summed E-state index contributed by atoms with van der Waals surface area (Å²) in [5.41, 5.74) is 2.24. The van der Waals surface area contributed by atoms with Crippen LogP contribution in [0.2, 0.25) is 0 Å². The van der Waals surface area contributed by atoms with E-state index < -0.39 is 17.9 Å². The molecule has 6 nitrogen and oxygen atoms in total. The zero-order valence-electron chi connectivity index (χ0n) is 17.8. The summed E-state index contributed by atoms with van der Waals surface area (Å²) in [6.07, 6.45) is 0.908. The van der Waals surface area contributed by atoms with Crippen LogP contribution in [0.5, 0.6) is 0 Å². The molecule has 164 valence electrons. The maximum absolute atomic E-state index is 13.0. The maximum Gasteiger partial charge on any atom is 0.309 e. The smallest absolute Gasteiger partial charge is 0.309 e. The van der Waals surface area contributed by atoms with Gasteiger partial charge in [0, 0.05) is 24.3 Å². The Morgan fingerprint density at radius 2 is 1.68 bits per heavy atom. The molecule has 1 atom stereocenters. The number of benzene rings is 2. The van der Waals surface area contributed by atoms with Crippen molar-refractivity contribution in [3.8, 4) is 0 Å². The van der Waals surface area contributed by atoms with Crippen LogP contribution in [0.15, 0.2) is 48.5 Å². The Labute approximate surface area is 181 Å². The standard InChI is InChI=1S/C24H27FN2O4/c1-3-17-4-10-21(11-5-17)26-22(28)16(2)31-24(30)19-12-14-27(15-13-19)23(29)18-6-8-20(25)9-7-18/h4-11,16,19H,3,12-15H2,1-2H3,(H,26,28)/t16-/m0/s1. The van der Waals surface area contributed by atoms with Crippen molar-refractivity contribution in [1.82, 2.24) is 4.90 Å². The number of anilines is 1. The molecule has 1 heterocycles. The number of halogens is 1. The second-order valence-corrected chi connectivity index (χ2v) is 7.69. The summed E-state index contributed by atoms with van der Waals surface area (Å²) < 4.78 is 18.4. The minimum absolute atomic E-state index is 0.186. The largest absolute Gasteiger partial charge is 0.452 e. The van der Waals surface area contributed by atoms with Crippen molar-refractivity contribution >= 4 is 23.5 Å². The van der Waals surface area contributed by atoms with Crippen molar-refractivity contribution in [2.75, 3.05) is 18.4 Å². The average Bonchev–Trinajstić information content (AvgIpc) is 2.79. The van der Waals surface area contributed by atoms with Gasteiger partial charge in [0.15, 0.2) is 6.10 Å². The van der Waals surface area contributed by atoms with E-state index in [-0.39, 0.29) is 17.7 Å². The van der Waals surface area contributed by atoms with Gasteiger partial charge in [-0.1, -0.05) is 19.1 Å². The lowest BCUT2D eigenvalue weighted by atomic mass is 9.96. The van der Waals surface area contributed by atoms with Gasteiger partial charge in [-0.15, -0.1) is 0 Å². The number of rotatable bonds is 6. The van der Waals surface area contributed by atoms with Crippen molar-refractivity contribution in [3.63, 3.8) is 0 Å². The predicted octanol–water partition coefficient (Wildman–Crippen LogP) is 3.81. The van der Waals surface area contributed by atoms with Gasteiger partial charge in [-0.05, 0) is 68.1 Å². The summed E-state index contributed by atoms with van der Waals surface area (Å²) in [6.45, 7) is 4.40. The number of nitrogens with one attached hydrogen (secondary N) is 1. The van der Waals surface area contributed by atoms with Gasteiger partial charge in [-0.25, -0.2) is 4.39 Å². The molecule has 1 aliphatic heterocycles. The van der Waals surface area contributed by atoms with Crippen LogP contribution in [0.25, 0.3) is 0 Å². The zero-order chi connectivity index (χ0) is 22.4. The summed E-state index contributed by atoms with van der Waals surface area (Å²) in [4.78, 5) is 39.0. The second-order valence-electron chi connectivity index (χ2n) is 7.69. The van der Waals surface area contributed by atoms with Gasteiger partial charge in [0.05, 0.1) is 5.92 Å². The van der Waals surface area contributed by atoms with Crippen LogP contribution in [0.4, 0.5) is 10.1 Å². The molecular weight excluding hydrogens is 399 g/mol. The third-order valence-electron chi connectivity index (χ3n) is 5.50. The molecule has 0 saturated carbocycles. The van der Waals surface area contributed by atoms with Crippen LogP contribution in [-0.2, 0) is 20.7 Å². The third kappa shape index (κ3) is 5.90. The van der Waals surface area contributed by atoms with Crippen molar-refractivity contribution in [2.45, 2.75) is 39.2 Å². The number of amides is 2. The van der Waals surface area contributed by atoms with Gasteiger partial charge in [-0.3, -0.25) is 14.4 Å². The molecule has 0 unspecified atom stereocenters. The van der Waals surface area contributed by atoms with Crippen LogP contribution in [0.3, 0.4) is 0 Å². The van der Waals surface area contributed by atoms with Crippen molar-refractivity contribution in [2.24, 2.45) is 5.92 Å². The zero-order valence-corrected chi connectivity index (χ0v) is 17.8. The van der Waals surface area contributed by atoms with E-state index in [1.807, 2.05) is 24.3 Å². The van der Waals surface area contributed by atoms with Crippen molar-refractivity contribution in [3.05, 3.63) is 65.5 Å². The summed E-state index contributed by atoms with van der Waals surface area (Å²) in [6, 6.07) is 12.9. The highest BCUT2D eigenvalue weighted by molar-refractivity contribution is 5.95. The van der Waals surface area contributed by atoms with E-state index in [0.29, 0.717) is 37.2 Å². The Morgan fingerprint density at radius 1 is 1.06 bits per heavy atom. The topological polar surface area (TPSA) is 75.7 Å². The molecule has 1 N–H and O–H groups in total. The molecule has 0 spiro atoms. The number of nitrogens with zero attached hydrogens (tertiary/aromatic N) is 1. The Hall–Kier alpha value is -3.22. The van der Waals surface area contributed by atoms with Gasteiger partial charge in [0.1, 0.15) is 5.82 Å². The molecule has 0 aromatic heterocycles. The number of carbonyl (C=O) groups excluding carboxylic acids is 3. The van der Waals surface area contributed by atoms with Crippen LogP contribution < -0.4 is 5.32 Å². The molecule has 0 radical (unpaired) electrons. The van der Waals surface area contributed by atoms with Gasteiger partial charge >= 0.3 is 5.97 Å². The van der Waals surface area contributed by atoms with Gasteiger partial charge in [0.2, 0.25) is 0 Å². The predicted molar refractivity (Wildman–Crippen MR) is 115 cm³/mol. The number of esters is 1. The van der Waals surface area contributed by atoms with E-state index in [4.69, 9.17) is 4.74 Å². The first-order valence-corrected chi connectivity index (χ1v) is 10.5. The quantitative estimate of drug-likeness (QED) is 0.713. The Bertz CT molecular complexity index is 920. The molecule has 7 heteroatoms.